The van der Waals surface area contributed by atoms with E-state index in [-0.39, 0.29) is 12.3 Å². The molecular formula is C26H26N2O4. The van der Waals surface area contributed by atoms with Crippen LogP contribution in [0.2, 0.25) is 0 Å². The van der Waals surface area contributed by atoms with Crippen molar-refractivity contribution in [2.45, 2.75) is 25.6 Å². The molecule has 0 aromatic heterocycles. The summed E-state index contributed by atoms with van der Waals surface area (Å²) in [5, 5.41) is 0. The summed E-state index contributed by atoms with van der Waals surface area (Å²) in [4.78, 5) is 30.0. The van der Waals surface area contributed by atoms with Crippen molar-refractivity contribution < 1.29 is 19.1 Å². The average Bonchev–Trinajstić information content (AvgIpc) is 2.95. The maximum absolute atomic E-state index is 13.9. The van der Waals surface area contributed by atoms with Gasteiger partial charge in [-0.2, -0.15) is 0 Å². The molecule has 3 aromatic rings. The molecule has 1 heterocycles. The molecule has 32 heavy (non-hydrogen) atoms. The third kappa shape index (κ3) is 4.44. The van der Waals surface area contributed by atoms with E-state index in [0.717, 1.165) is 28.3 Å². The van der Waals surface area contributed by atoms with Crippen molar-refractivity contribution in [1.29, 1.82) is 0 Å². The number of amides is 1. The Hall–Kier alpha value is -3.80. The smallest absolute Gasteiger partial charge is 0.308 e. The summed E-state index contributed by atoms with van der Waals surface area (Å²) in [6, 6.07) is 24.6. The van der Waals surface area contributed by atoms with E-state index in [4.69, 9.17) is 9.47 Å². The van der Waals surface area contributed by atoms with E-state index < -0.39 is 12.0 Å². The molecule has 4 rings (SSSR count). The van der Waals surface area contributed by atoms with E-state index in [0.29, 0.717) is 13.1 Å². The number of fused-ring (bicyclic) bond motifs is 1. The van der Waals surface area contributed by atoms with Crippen LogP contribution in [-0.4, -0.2) is 32.1 Å². The minimum atomic E-state index is -0.702. The first-order chi connectivity index (χ1) is 15.6. The maximum atomic E-state index is 13.9. The van der Waals surface area contributed by atoms with E-state index in [2.05, 4.69) is 0 Å². The van der Waals surface area contributed by atoms with E-state index in [1.54, 1.807) is 12.0 Å². The largest absolute Gasteiger partial charge is 0.497 e. The molecule has 0 radical (unpaired) electrons. The highest BCUT2D eigenvalue weighted by Crippen LogP contribution is 2.34. The zero-order valence-electron chi connectivity index (χ0n) is 18.2. The Bertz CT molecular complexity index is 1080. The molecule has 3 aromatic carbocycles. The number of benzene rings is 3. The predicted octanol–water partition coefficient (Wildman–Crippen LogP) is 4.18. The van der Waals surface area contributed by atoms with E-state index in [1.807, 2.05) is 83.8 Å². The fraction of sp³-hybridized carbons (Fsp3) is 0.231. The van der Waals surface area contributed by atoms with Gasteiger partial charge in [0, 0.05) is 17.9 Å². The molecule has 0 saturated carbocycles. The Morgan fingerprint density at radius 3 is 2.31 bits per heavy atom. The van der Waals surface area contributed by atoms with Crippen molar-refractivity contribution in [3.05, 3.63) is 90.0 Å². The predicted molar refractivity (Wildman–Crippen MR) is 124 cm³/mol. The van der Waals surface area contributed by atoms with Crippen molar-refractivity contribution in [2.75, 3.05) is 24.0 Å². The molecule has 6 heteroatoms. The summed E-state index contributed by atoms with van der Waals surface area (Å²) in [6.45, 7) is 0.909. The molecule has 1 aliphatic rings. The highest BCUT2D eigenvalue weighted by Gasteiger charge is 2.37. The van der Waals surface area contributed by atoms with Gasteiger partial charge in [0.05, 0.1) is 27.2 Å². The van der Waals surface area contributed by atoms with Gasteiger partial charge in [0.25, 0.3) is 5.91 Å². The van der Waals surface area contributed by atoms with Crippen LogP contribution in [0.5, 0.6) is 5.75 Å². The first kappa shape index (κ1) is 21.4. The van der Waals surface area contributed by atoms with Crippen LogP contribution in [-0.2, 0) is 27.4 Å². The van der Waals surface area contributed by atoms with Crippen LogP contribution in [0.1, 0.15) is 17.5 Å². The van der Waals surface area contributed by atoms with Crippen LogP contribution in [0, 0.1) is 0 Å². The number of esters is 1. The van der Waals surface area contributed by atoms with Crippen LogP contribution < -0.4 is 14.5 Å². The van der Waals surface area contributed by atoms with Crippen LogP contribution in [0.15, 0.2) is 78.9 Å². The number of carbonyl (C=O) groups excluding carboxylic acids is 2. The molecule has 1 aliphatic heterocycles. The van der Waals surface area contributed by atoms with Crippen LogP contribution in [0.3, 0.4) is 0 Å². The van der Waals surface area contributed by atoms with Crippen molar-refractivity contribution >= 4 is 23.3 Å². The summed E-state index contributed by atoms with van der Waals surface area (Å²) in [7, 11) is 2.96. The van der Waals surface area contributed by atoms with Gasteiger partial charge in [-0.3, -0.25) is 9.59 Å². The van der Waals surface area contributed by atoms with Gasteiger partial charge in [0.2, 0.25) is 0 Å². The molecule has 1 amide bonds. The minimum absolute atomic E-state index is 0.0410. The van der Waals surface area contributed by atoms with Gasteiger partial charge in [-0.05, 0) is 41.5 Å². The Labute approximate surface area is 188 Å². The third-order valence-corrected chi connectivity index (χ3v) is 5.73. The summed E-state index contributed by atoms with van der Waals surface area (Å²) in [5.74, 6) is 0.165. The number of para-hydroxylation sites is 1. The molecule has 6 nitrogen and oxygen atoms in total. The summed E-state index contributed by atoms with van der Waals surface area (Å²) >= 11 is 0. The number of carbonyl (C=O) groups is 2. The molecule has 164 valence electrons. The molecule has 0 N–H and O–H groups in total. The number of methoxy groups -OCH3 is 2. The van der Waals surface area contributed by atoms with Crippen LogP contribution in [0.4, 0.5) is 11.4 Å². The number of hydrogen-bond acceptors (Lipinski definition) is 5. The molecular weight excluding hydrogens is 404 g/mol. The monoisotopic (exact) mass is 430 g/mol. The zero-order chi connectivity index (χ0) is 22.5. The number of ether oxygens (including phenoxy) is 2. The normalized spacial score (nSPS) is 15.7. The lowest BCUT2D eigenvalue weighted by molar-refractivity contribution is -0.142. The molecule has 0 bridgehead atoms. The molecule has 1 atom stereocenters. The number of rotatable bonds is 6. The Kier molecular flexibility index (Phi) is 6.40. The highest BCUT2D eigenvalue weighted by molar-refractivity contribution is 6.02. The van der Waals surface area contributed by atoms with Crippen molar-refractivity contribution in [1.82, 2.24) is 0 Å². The SMILES string of the molecule is COC(=O)CC1C(=O)N(Cc2ccccc2)c2ccccc2CN1c1ccc(OC)cc1. The minimum Gasteiger partial charge on any atom is -0.497 e. The Morgan fingerprint density at radius 1 is 0.938 bits per heavy atom. The summed E-state index contributed by atoms with van der Waals surface area (Å²) < 4.78 is 10.2. The average molecular weight is 431 g/mol. The lowest BCUT2D eigenvalue weighted by Crippen LogP contribution is -2.47. The van der Waals surface area contributed by atoms with E-state index >= 15 is 0 Å². The second kappa shape index (κ2) is 9.56. The molecule has 0 aliphatic carbocycles. The van der Waals surface area contributed by atoms with Crippen LogP contribution >= 0.6 is 0 Å². The fourth-order valence-electron chi connectivity index (χ4n) is 4.05. The first-order valence-electron chi connectivity index (χ1n) is 10.5. The molecule has 0 saturated heterocycles. The molecule has 0 fully saturated rings. The van der Waals surface area contributed by atoms with E-state index in [1.165, 1.54) is 7.11 Å². The van der Waals surface area contributed by atoms with Gasteiger partial charge in [-0.1, -0.05) is 48.5 Å². The first-order valence-corrected chi connectivity index (χ1v) is 10.5. The van der Waals surface area contributed by atoms with Gasteiger partial charge in [0.15, 0.2) is 0 Å². The number of nitrogens with zero attached hydrogens (tertiary/aromatic N) is 2. The summed E-state index contributed by atoms with van der Waals surface area (Å²) in [5.41, 5.74) is 3.72. The summed E-state index contributed by atoms with van der Waals surface area (Å²) in [6.07, 6.45) is -0.0410. The van der Waals surface area contributed by atoms with Crippen LogP contribution in [0.25, 0.3) is 0 Å². The Morgan fingerprint density at radius 2 is 1.62 bits per heavy atom. The Balaban J connectivity index is 1.79. The van der Waals surface area contributed by atoms with Gasteiger partial charge < -0.3 is 19.3 Å². The standard InChI is InChI=1S/C26H26N2O4/c1-31-22-14-12-21(13-15-22)27-18-20-10-6-7-11-23(20)28(17-19-8-4-3-5-9-19)26(30)24(27)16-25(29)32-2/h3-15,24H,16-18H2,1-2H3. The maximum Gasteiger partial charge on any atom is 0.308 e. The van der Waals surface area contributed by atoms with Gasteiger partial charge in [0.1, 0.15) is 11.8 Å². The molecule has 0 spiro atoms. The van der Waals surface area contributed by atoms with Crippen molar-refractivity contribution in [2.24, 2.45) is 0 Å². The molecule has 1 unspecified atom stereocenters. The zero-order valence-corrected chi connectivity index (χ0v) is 18.2. The quantitative estimate of drug-likeness (QED) is 0.549. The van der Waals surface area contributed by atoms with Crippen molar-refractivity contribution in [3.63, 3.8) is 0 Å². The third-order valence-electron chi connectivity index (χ3n) is 5.73. The lowest BCUT2D eigenvalue weighted by atomic mass is 10.1. The topological polar surface area (TPSA) is 59.1 Å². The highest BCUT2D eigenvalue weighted by atomic mass is 16.5. The van der Waals surface area contributed by atoms with Gasteiger partial charge in [-0.25, -0.2) is 0 Å². The second-order valence-electron chi connectivity index (χ2n) is 7.66. The fourth-order valence-corrected chi connectivity index (χ4v) is 4.05. The number of hydrogen-bond donors (Lipinski definition) is 0. The second-order valence-corrected chi connectivity index (χ2v) is 7.66. The van der Waals surface area contributed by atoms with E-state index in [9.17, 15) is 9.59 Å². The van der Waals surface area contributed by atoms with Gasteiger partial charge >= 0.3 is 5.97 Å². The van der Waals surface area contributed by atoms with Gasteiger partial charge in [-0.15, -0.1) is 0 Å². The number of anilines is 2. The van der Waals surface area contributed by atoms with Crippen molar-refractivity contribution in [3.8, 4) is 5.75 Å². The lowest BCUT2D eigenvalue weighted by Gasteiger charge is -2.32.